The molecule has 1 atom stereocenters. The molecule has 2 aromatic carbocycles. The Kier molecular flexibility index (Phi) is 5.12. The zero-order valence-corrected chi connectivity index (χ0v) is 12.4. The summed E-state index contributed by atoms with van der Waals surface area (Å²) in [6.07, 6.45) is 0. The van der Waals surface area contributed by atoms with Crippen molar-refractivity contribution in [2.75, 3.05) is 6.61 Å². The minimum atomic E-state index is -0.386. The molecule has 2 rings (SSSR count). The van der Waals surface area contributed by atoms with Crippen molar-refractivity contribution in [3.8, 4) is 0 Å². The van der Waals surface area contributed by atoms with Gasteiger partial charge < -0.3 is 10.4 Å². The Bertz CT molecular complexity index is 576. The third-order valence-corrected chi connectivity index (χ3v) is 3.53. The van der Waals surface area contributed by atoms with Gasteiger partial charge >= 0.3 is 0 Å². The van der Waals surface area contributed by atoms with Gasteiger partial charge in [-0.2, -0.15) is 0 Å². The lowest BCUT2D eigenvalue weighted by molar-refractivity contribution is 0.0916. The summed E-state index contributed by atoms with van der Waals surface area (Å²) in [5.41, 5.74) is 2.70. The zero-order valence-electron chi connectivity index (χ0n) is 12.4. The van der Waals surface area contributed by atoms with Gasteiger partial charge in [0.15, 0.2) is 0 Å². The van der Waals surface area contributed by atoms with Gasteiger partial charge in [0, 0.05) is 5.56 Å². The lowest BCUT2D eigenvalue weighted by Crippen LogP contribution is -2.30. The summed E-state index contributed by atoms with van der Waals surface area (Å²) in [5, 5.41) is 12.3. The molecule has 0 aliphatic heterocycles. The molecule has 3 nitrogen and oxygen atoms in total. The van der Waals surface area contributed by atoms with Crippen molar-refractivity contribution in [2.24, 2.45) is 0 Å². The fourth-order valence-corrected chi connectivity index (χ4v) is 2.18. The second kappa shape index (κ2) is 7.04. The smallest absolute Gasteiger partial charge is 0.251 e. The number of amides is 1. The van der Waals surface area contributed by atoms with Crippen molar-refractivity contribution in [3.05, 3.63) is 71.3 Å². The minimum Gasteiger partial charge on any atom is -0.394 e. The lowest BCUT2D eigenvalue weighted by Gasteiger charge is -2.17. The summed E-state index contributed by atoms with van der Waals surface area (Å²) in [6, 6.07) is 16.7. The molecular weight excluding hydrogens is 262 g/mol. The molecule has 0 spiro atoms. The third kappa shape index (κ3) is 3.92. The standard InChI is InChI=1S/C18H21NO2/c1-13(2)14-8-10-16(11-9-14)18(21)19-17(12-20)15-6-4-3-5-7-15/h3-11,13,17,20H,12H2,1-2H3,(H,19,21)/t17-/m0/s1. The second-order valence-corrected chi connectivity index (χ2v) is 5.40. The van der Waals surface area contributed by atoms with Gasteiger partial charge in [0.05, 0.1) is 12.6 Å². The second-order valence-electron chi connectivity index (χ2n) is 5.40. The van der Waals surface area contributed by atoms with E-state index in [-0.39, 0.29) is 18.6 Å². The maximum atomic E-state index is 12.2. The quantitative estimate of drug-likeness (QED) is 0.884. The predicted octanol–water partition coefficient (Wildman–Crippen LogP) is 3.27. The highest BCUT2D eigenvalue weighted by molar-refractivity contribution is 5.94. The Balaban J connectivity index is 2.09. The Hall–Kier alpha value is -2.13. The van der Waals surface area contributed by atoms with E-state index in [1.165, 1.54) is 5.56 Å². The fraction of sp³-hybridized carbons (Fsp3) is 0.278. The number of hydrogen-bond donors (Lipinski definition) is 2. The van der Waals surface area contributed by atoms with Crippen LogP contribution in [0.2, 0.25) is 0 Å². The first kappa shape index (κ1) is 15.3. The molecule has 0 fully saturated rings. The molecule has 1 amide bonds. The summed E-state index contributed by atoms with van der Waals surface area (Å²) in [5.74, 6) is 0.268. The van der Waals surface area contributed by atoms with Crippen molar-refractivity contribution in [2.45, 2.75) is 25.8 Å². The van der Waals surface area contributed by atoms with Crippen LogP contribution >= 0.6 is 0 Å². The summed E-state index contributed by atoms with van der Waals surface area (Å²) in [6.45, 7) is 4.11. The monoisotopic (exact) mass is 283 g/mol. The molecule has 2 N–H and O–H groups in total. The average molecular weight is 283 g/mol. The van der Waals surface area contributed by atoms with Gasteiger partial charge in [0.1, 0.15) is 0 Å². The van der Waals surface area contributed by atoms with Gasteiger partial charge in [-0.15, -0.1) is 0 Å². The van der Waals surface area contributed by atoms with Crippen LogP contribution in [-0.4, -0.2) is 17.6 Å². The molecule has 0 heterocycles. The highest BCUT2D eigenvalue weighted by atomic mass is 16.3. The lowest BCUT2D eigenvalue weighted by atomic mass is 10.0. The van der Waals surface area contributed by atoms with Crippen molar-refractivity contribution in [1.29, 1.82) is 0 Å². The molecule has 3 heteroatoms. The molecule has 0 saturated carbocycles. The van der Waals surface area contributed by atoms with Crippen LogP contribution in [0.25, 0.3) is 0 Å². The molecule has 2 aromatic rings. The van der Waals surface area contributed by atoms with E-state index in [2.05, 4.69) is 19.2 Å². The molecule has 0 unspecified atom stereocenters. The van der Waals surface area contributed by atoms with E-state index in [0.717, 1.165) is 5.56 Å². The van der Waals surface area contributed by atoms with Crippen LogP contribution in [0, 0.1) is 0 Å². The highest BCUT2D eigenvalue weighted by Gasteiger charge is 2.14. The third-order valence-electron chi connectivity index (χ3n) is 3.53. The summed E-state index contributed by atoms with van der Waals surface area (Å²) in [7, 11) is 0. The SMILES string of the molecule is CC(C)c1ccc(C(=O)N[C@@H](CO)c2ccccc2)cc1. The molecule has 21 heavy (non-hydrogen) atoms. The largest absolute Gasteiger partial charge is 0.394 e. The van der Waals surface area contributed by atoms with Crippen LogP contribution in [0.5, 0.6) is 0 Å². The van der Waals surface area contributed by atoms with Crippen LogP contribution in [0.15, 0.2) is 54.6 Å². The maximum absolute atomic E-state index is 12.2. The van der Waals surface area contributed by atoms with Gasteiger partial charge in [-0.1, -0.05) is 56.3 Å². The van der Waals surface area contributed by atoms with E-state index in [4.69, 9.17) is 0 Å². The van der Waals surface area contributed by atoms with Crippen molar-refractivity contribution < 1.29 is 9.90 Å². The van der Waals surface area contributed by atoms with Crippen LogP contribution < -0.4 is 5.32 Å². The molecule has 0 saturated heterocycles. The van der Waals surface area contributed by atoms with Gasteiger partial charge in [0.2, 0.25) is 0 Å². The number of hydrogen-bond acceptors (Lipinski definition) is 2. The Labute approximate surface area is 125 Å². The van der Waals surface area contributed by atoms with E-state index in [0.29, 0.717) is 11.5 Å². The van der Waals surface area contributed by atoms with E-state index in [9.17, 15) is 9.90 Å². The topological polar surface area (TPSA) is 49.3 Å². The van der Waals surface area contributed by atoms with Gasteiger partial charge in [-0.05, 0) is 29.2 Å². The summed E-state index contributed by atoms with van der Waals surface area (Å²) in [4.78, 5) is 12.2. The first-order valence-electron chi connectivity index (χ1n) is 7.18. The fourth-order valence-electron chi connectivity index (χ4n) is 2.18. The molecule has 110 valence electrons. The number of aliphatic hydroxyl groups excluding tert-OH is 1. The Morgan fingerprint density at radius 3 is 2.14 bits per heavy atom. The zero-order chi connectivity index (χ0) is 15.2. The maximum Gasteiger partial charge on any atom is 0.251 e. The van der Waals surface area contributed by atoms with E-state index < -0.39 is 0 Å². The molecular formula is C18H21NO2. The number of aliphatic hydroxyl groups is 1. The Morgan fingerprint density at radius 1 is 1.00 bits per heavy atom. The van der Waals surface area contributed by atoms with E-state index >= 15 is 0 Å². The number of carbonyl (C=O) groups excluding carboxylic acids is 1. The first-order chi connectivity index (χ1) is 10.1. The molecule has 0 radical (unpaired) electrons. The molecule has 0 aliphatic carbocycles. The van der Waals surface area contributed by atoms with Gasteiger partial charge in [0.25, 0.3) is 5.91 Å². The summed E-state index contributed by atoms with van der Waals surface area (Å²) >= 11 is 0. The van der Waals surface area contributed by atoms with Crippen molar-refractivity contribution in [1.82, 2.24) is 5.32 Å². The van der Waals surface area contributed by atoms with Crippen LogP contribution in [0.3, 0.4) is 0 Å². The van der Waals surface area contributed by atoms with Crippen LogP contribution in [0.4, 0.5) is 0 Å². The van der Waals surface area contributed by atoms with Crippen LogP contribution in [0.1, 0.15) is 47.3 Å². The number of carbonyl (C=O) groups is 1. The van der Waals surface area contributed by atoms with Crippen molar-refractivity contribution in [3.63, 3.8) is 0 Å². The van der Waals surface area contributed by atoms with Gasteiger partial charge in [-0.3, -0.25) is 4.79 Å². The molecule has 0 aromatic heterocycles. The van der Waals surface area contributed by atoms with E-state index in [1.807, 2.05) is 54.6 Å². The first-order valence-corrected chi connectivity index (χ1v) is 7.18. The Morgan fingerprint density at radius 2 is 1.62 bits per heavy atom. The van der Waals surface area contributed by atoms with Gasteiger partial charge in [-0.25, -0.2) is 0 Å². The normalized spacial score (nSPS) is 12.2. The average Bonchev–Trinajstić information content (AvgIpc) is 2.53. The van der Waals surface area contributed by atoms with E-state index in [1.54, 1.807) is 0 Å². The number of benzene rings is 2. The highest BCUT2D eigenvalue weighted by Crippen LogP contribution is 2.16. The molecule has 0 bridgehead atoms. The van der Waals surface area contributed by atoms with Crippen molar-refractivity contribution >= 4 is 5.91 Å². The van der Waals surface area contributed by atoms with Crippen LogP contribution in [-0.2, 0) is 0 Å². The number of nitrogens with one attached hydrogen (secondary N) is 1. The molecule has 0 aliphatic rings. The minimum absolute atomic E-state index is 0.125. The summed E-state index contributed by atoms with van der Waals surface area (Å²) < 4.78 is 0. The predicted molar refractivity (Wildman–Crippen MR) is 84.3 cm³/mol. The number of rotatable bonds is 5.